The van der Waals surface area contributed by atoms with E-state index >= 15 is 0 Å². The van der Waals surface area contributed by atoms with Crippen molar-refractivity contribution in [3.8, 4) is 5.75 Å². The first kappa shape index (κ1) is 13.3. The maximum absolute atomic E-state index is 9.56. The molecule has 5 heteroatoms. The number of hydrogen-bond donors (Lipinski definition) is 2. The Balaban J connectivity index is 1.69. The molecule has 1 aromatic carbocycles. The van der Waals surface area contributed by atoms with Crippen LogP contribution in [-0.4, -0.2) is 34.7 Å². The Morgan fingerprint density at radius 1 is 1.26 bits per heavy atom. The van der Waals surface area contributed by atoms with Crippen LogP contribution < -0.4 is 5.32 Å². The molecule has 2 N–H and O–H groups in total. The number of nitrogens with one attached hydrogen (secondary N) is 1. The monoisotopic (exact) mass is 300 g/mol. The number of halogens is 2. The van der Waals surface area contributed by atoms with Crippen LogP contribution >= 0.6 is 23.2 Å². The highest BCUT2D eigenvalue weighted by atomic mass is 35.5. The van der Waals surface area contributed by atoms with Crippen LogP contribution in [0.5, 0.6) is 5.75 Å². The summed E-state index contributed by atoms with van der Waals surface area (Å²) >= 11 is 11.9. The molecule has 1 saturated carbocycles. The smallest absolute Gasteiger partial charge is 0.152 e. The highest BCUT2D eigenvalue weighted by Crippen LogP contribution is 2.37. The van der Waals surface area contributed by atoms with E-state index in [4.69, 9.17) is 23.2 Å². The van der Waals surface area contributed by atoms with Crippen LogP contribution in [-0.2, 0) is 0 Å². The van der Waals surface area contributed by atoms with Crippen molar-refractivity contribution in [3.63, 3.8) is 0 Å². The van der Waals surface area contributed by atoms with Gasteiger partial charge in [-0.25, -0.2) is 0 Å². The fraction of sp³-hybridized carbons (Fsp3) is 0.571. The molecule has 104 valence electrons. The van der Waals surface area contributed by atoms with Gasteiger partial charge in [0.1, 0.15) is 0 Å². The molecule has 2 aliphatic rings. The molecular formula is C14H18Cl2N2O. The fourth-order valence-corrected chi connectivity index (χ4v) is 3.45. The van der Waals surface area contributed by atoms with Gasteiger partial charge in [-0.1, -0.05) is 23.2 Å². The molecule has 2 atom stereocenters. The summed E-state index contributed by atoms with van der Waals surface area (Å²) in [7, 11) is 0. The van der Waals surface area contributed by atoms with Gasteiger partial charge in [-0.05, 0) is 38.3 Å². The van der Waals surface area contributed by atoms with Gasteiger partial charge in [0.05, 0.1) is 10.0 Å². The van der Waals surface area contributed by atoms with Gasteiger partial charge in [-0.2, -0.15) is 0 Å². The number of anilines is 1. The molecule has 1 aliphatic carbocycles. The van der Waals surface area contributed by atoms with E-state index in [1.807, 2.05) is 0 Å². The average Bonchev–Trinajstić information content (AvgIpc) is 3.11. The molecule has 0 bridgehead atoms. The summed E-state index contributed by atoms with van der Waals surface area (Å²) in [4.78, 5) is 2.58. The number of rotatable bonds is 3. The molecule has 3 nitrogen and oxygen atoms in total. The van der Waals surface area contributed by atoms with E-state index in [2.05, 4.69) is 17.1 Å². The third-order valence-corrected chi connectivity index (χ3v) is 4.60. The summed E-state index contributed by atoms with van der Waals surface area (Å²) in [6, 6.07) is 5.31. The van der Waals surface area contributed by atoms with Crippen molar-refractivity contribution in [2.45, 2.75) is 44.3 Å². The van der Waals surface area contributed by atoms with Crippen molar-refractivity contribution in [2.75, 3.05) is 11.9 Å². The predicted octanol–water partition coefficient (Wildman–Crippen LogP) is 3.74. The second-order valence-corrected chi connectivity index (χ2v) is 6.46. The number of hydrogen-bond acceptors (Lipinski definition) is 3. The minimum absolute atomic E-state index is 0.0479. The predicted molar refractivity (Wildman–Crippen MR) is 79.3 cm³/mol. The second kappa shape index (κ2) is 5.04. The normalized spacial score (nSPS) is 27.7. The van der Waals surface area contributed by atoms with Crippen LogP contribution in [0.1, 0.15) is 26.2 Å². The number of benzene rings is 1. The van der Waals surface area contributed by atoms with Gasteiger partial charge in [0.25, 0.3) is 0 Å². The maximum Gasteiger partial charge on any atom is 0.152 e. The molecule has 3 rings (SSSR count). The molecule has 1 saturated heterocycles. The molecule has 1 aliphatic heterocycles. The molecule has 0 spiro atoms. The number of phenolic OH excluding ortho intramolecular Hbond substituents is 1. The quantitative estimate of drug-likeness (QED) is 0.835. The Hall–Kier alpha value is -0.640. The summed E-state index contributed by atoms with van der Waals surface area (Å²) in [5.41, 5.74) is 0.877. The van der Waals surface area contributed by atoms with Crippen LogP contribution in [0.4, 0.5) is 5.69 Å². The summed E-state index contributed by atoms with van der Waals surface area (Å²) in [5.74, 6) is -0.0479. The lowest BCUT2D eigenvalue weighted by atomic mass is 10.2. The number of nitrogens with zero attached hydrogens (tertiary/aromatic N) is 1. The van der Waals surface area contributed by atoms with E-state index in [0.29, 0.717) is 22.1 Å². The third kappa shape index (κ3) is 2.78. The van der Waals surface area contributed by atoms with Gasteiger partial charge in [-0.3, -0.25) is 4.90 Å². The van der Waals surface area contributed by atoms with Gasteiger partial charge < -0.3 is 10.4 Å². The first-order chi connectivity index (χ1) is 9.04. The summed E-state index contributed by atoms with van der Waals surface area (Å²) in [6.07, 6.45) is 3.81. The molecule has 0 aromatic heterocycles. The van der Waals surface area contributed by atoms with Gasteiger partial charge in [0.15, 0.2) is 5.75 Å². The van der Waals surface area contributed by atoms with Crippen molar-refractivity contribution in [1.82, 2.24) is 4.90 Å². The highest BCUT2D eigenvalue weighted by molar-refractivity contribution is 6.37. The van der Waals surface area contributed by atoms with E-state index in [0.717, 1.165) is 24.7 Å². The van der Waals surface area contributed by atoms with Crippen LogP contribution in [0.15, 0.2) is 12.1 Å². The average molecular weight is 301 g/mol. The highest BCUT2D eigenvalue weighted by Gasteiger charge is 2.38. The van der Waals surface area contributed by atoms with Gasteiger partial charge in [0, 0.05) is 30.4 Å². The van der Waals surface area contributed by atoms with Crippen LogP contribution in [0, 0.1) is 0 Å². The number of phenols is 1. The Bertz CT molecular complexity index is 467. The zero-order chi connectivity index (χ0) is 13.6. The largest absolute Gasteiger partial charge is 0.505 e. The third-order valence-electron chi connectivity index (χ3n) is 4.03. The Morgan fingerprint density at radius 3 is 2.47 bits per heavy atom. The summed E-state index contributed by atoms with van der Waals surface area (Å²) in [6.45, 7) is 3.36. The Labute approximate surface area is 123 Å². The number of likely N-dealkylation sites (tertiary alicyclic amines) is 1. The van der Waals surface area contributed by atoms with Crippen molar-refractivity contribution in [1.29, 1.82) is 0 Å². The molecule has 0 amide bonds. The first-order valence-corrected chi connectivity index (χ1v) is 7.50. The Kier molecular flexibility index (Phi) is 3.54. The van der Waals surface area contributed by atoms with Gasteiger partial charge in [-0.15, -0.1) is 0 Å². The topological polar surface area (TPSA) is 35.5 Å². The molecule has 19 heavy (non-hydrogen) atoms. The summed E-state index contributed by atoms with van der Waals surface area (Å²) in [5, 5.41) is 13.6. The van der Waals surface area contributed by atoms with Crippen LogP contribution in [0.3, 0.4) is 0 Å². The van der Waals surface area contributed by atoms with Crippen molar-refractivity contribution < 1.29 is 5.11 Å². The molecule has 2 unspecified atom stereocenters. The molecule has 2 fully saturated rings. The molecular weight excluding hydrogens is 283 g/mol. The van der Waals surface area contributed by atoms with Gasteiger partial charge in [0.2, 0.25) is 0 Å². The zero-order valence-corrected chi connectivity index (χ0v) is 12.4. The minimum Gasteiger partial charge on any atom is -0.505 e. The zero-order valence-electron chi connectivity index (χ0n) is 10.9. The first-order valence-electron chi connectivity index (χ1n) is 6.75. The van der Waals surface area contributed by atoms with E-state index < -0.39 is 0 Å². The molecule has 1 heterocycles. The van der Waals surface area contributed by atoms with Crippen molar-refractivity contribution in [2.24, 2.45) is 0 Å². The maximum atomic E-state index is 9.56. The van der Waals surface area contributed by atoms with Crippen LogP contribution in [0.25, 0.3) is 0 Å². The van der Waals surface area contributed by atoms with Crippen LogP contribution in [0.2, 0.25) is 10.0 Å². The van der Waals surface area contributed by atoms with Crippen molar-refractivity contribution >= 4 is 28.9 Å². The summed E-state index contributed by atoms with van der Waals surface area (Å²) < 4.78 is 0. The molecule has 0 radical (unpaired) electrons. The SMILES string of the molecule is CC1CC(Nc2cc(Cl)c(O)c(Cl)c2)CN1C1CC1. The minimum atomic E-state index is -0.0479. The van der Waals surface area contributed by atoms with E-state index in [9.17, 15) is 5.11 Å². The number of aromatic hydroxyl groups is 1. The fourth-order valence-electron chi connectivity index (χ4n) is 2.96. The lowest BCUT2D eigenvalue weighted by Crippen LogP contribution is -2.31. The standard InChI is InChI=1S/C14H18Cl2N2O/c1-8-4-10(7-18(8)11-2-3-11)17-9-5-12(15)14(19)13(16)6-9/h5-6,8,10-11,17,19H,2-4,7H2,1H3. The van der Waals surface area contributed by atoms with E-state index in [-0.39, 0.29) is 5.75 Å². The second-order valence-electron chi connectivity index (χ2n) is 5.64. The van der Waals surface area contributed by atoms with E-state index in [1.54, 1.807) is 12.1 Å². The Morgan fingerprint density at radius 2 is 1.89 bits per heavy atom. The lowest BCUT2D eigenvalue weighted by Gasteiger charge is -2.20. The lowest BCUT2D eigenvalue weighted by molar-refractivity contribution is 0.257. The van der Waals surface area contributed by atoms with Crippen molar-refractivity contribution in [3.05, 3.63) is 22.2 Å². The molecule has 1 aromatic rings. The van der Waals surface area contributed by atoms with Gasteiger partial charge >= 0.3 is 0 Å². The van der Waals surface area contributed by atoms with E-state index in [1.165, 1.54) is 12.8 Å².